The quantitative estimate of drug-likeness (QED) is 0.484. The highest BCUT2D eigenvalue weighted by atomic mass is 127. The first-order chi connectivity index (χ1) is 6.15. The number of halogens is 3. The van der Waals surface area contributed by atoms with E-state index in [1.807, 2.05) is 0 Å². The highest BCUT2D eigenvalue weighted by molar-refractivity contribution is 14.1. The van der Waals surface area contributed by atoms with Gasteiger partial charge in [-0.25, -0.2) is 4.98 Å². The van der Waals surface area contributed by atoms with Crippen molar-refractivity contribution in [3.05, 3.63) is 19.9 Å². The van der Waals surface area contributed by atoms with Gasteiger partial charge in [0, 0.05) is 7.11 Å². The second-order valence-electron chi connectivity index (χ2n) is 2.10. The van der Waals surface area contributed by atoms with Crippen molar-refractivity contribution in [3.63, 3.8) is 0 Å². The molecule has 1 aromatic heterocycles. The van der Waals surface area contributed by atoms with Crippen molar-refractivity contribution in [2.45, 2.75) is 0 Å². The van der Waals surface area contributed by atoms with Crippen molar-refractivity contribution in [2.75, 3.05) is 13.9 Å². The van der Waals surface area contributed by atoms with Crippen LogP contribution in [-0.4, -0.2) is 18.9 Å². The van der Waals surface area contributed by atoms with Crippen molar-refractivity contribution in [3.8, 4) is 5.75 Å². The third kappa shape index (κ3) is 3.12. The molecule has 0 N–H and O–H groups in total. The molecule has 0 saturated heterocycles. The monoisotopic (exact) mass is 333 g/mol. The van der Waals surface area contributed by atoms with Crippen molar-refractivity contribution >= 4 is 45.8 Å². The topological polar surface area (TPSA) is 31.4 Å². The first kappa shape index (κ1) is 11.3. The summed E-state index contributed by atoms with van der Waals surface area (Å²) in [7, 11) is 1.53. The largest absolute Gasteiger partial charge is 0.463 e. The van der Waals surface area contributed by atoms with Gasteiger partial charge < -0.3 is 9.47 Å². The molecule has 0 unspecified atom stereocenters. The summed E-state index contributed by atoms with van der Waals surface area (Å²) in [5, 5.41) is 0.591. The maximum absolute atomic E-state index is 5.79. The number of aromatic nitrogens is 1. The average Bonchev–Trinajstić information content (AvgIpc) is 2.02. The summed E-state index contributed by atoms with van der Waals surface area (Å²) >= 11 is 13.5. The summed E-state index contributed by atoms with van der Waals surface area (Å²) in [6.07, 6.45) is 0. The van der Waals surface area contributed by atoms with E-state index in [9.17, 15) is 0 Å². The van der Waals surface area contributed by atoms with Gasteiger partial charge in [-0.05, 0) is 28.7 Å². The van der Waals surface area contributed by atoms with Gasteiger partial charge in [0.25, 0.3) is 0 Å². The minimum Gasteiger partial charge on any atom is -0.463 e. The van der Waals surface area contributed by atoms with Crippen LogP contribution in [0.3, 0.4) is 0 Å². The van der Waals surface area contributed by atoms with E-state index in [-0.39, 0.29) is 11.9 Å². The normalized spacial score (nSPS) is 10.2. The van der Waals surface area contributed by atoms with Crippen LogP contribution in [0.15, 0.2) is 6.07 Å². The van der Waals surface area contributed by atoms with E-state index in [1.54, 1.807) is 6.07 Å². The highest BCUT2D eigenvalue weighted by Gasteiger charge is 2.09. The third-order valence-electron chi connectivity index (χ3n) is 1.18. The number of pyridine rings is 1. The molecule has 0 aliphatic rings. The van der Waals surface area contributed by atoms with Gasteiger partial charge in [-0.2, -0.15) is 0 Å². The summed E-state index contributed by atoms with van der Waals surface area (Å²) in [5.41, 5.74) is 0. The Hall–Kier alpha value is 0.220. The van der Waals surface area contributed by atoms with Crippen LogP contribution in [0.25, 0.3) is 0 Å². The Bertz CT molecular complexity index is 286. The molecule has 0 atom stereocenters. The van der Waals surface area contributed by atoms with Gasteiger partial charge >= 0.3 is 0 Å². The van der Waals surface area contributed by atoms with Crippen molar-refractivity contribution < 1.29 is 9.47 Å². The number of ether oxygens (including phenoxy) is 2. The lowest BCUT2D eigenvalue weighted by Gasteiger charge is -2.08. The van der Waals surface area contributed by atoms with Gasteiger partial charge in [0.2, 0.25) is 0 Å². The van der Waals surface area contributed by atoms with Crippen LogP contribution < -0.4 is 4.74 Å². The van der Waals surface area contributed by atoms with Gasteiger partial charge in [-0.15, -0.1) is 0 Å². The third-order valence-corrected chi connectivity index (χ3v) is 2.43. The SMILES string of the molecule is COCOc1c(I)cc(Cl)nc1Cl. The fraction of sp³-hybridized carbons (Fsp3) is 0.286. The second kappa shape index (κ2) is 5.19. The zero-order valence-corrected chi connectivity index (χ0v) is 10.4. The molecule has 0 fully saturated rings. The molecular weight excluding hydrogens is 328 g/mol. The zero-order valence-electron chi connectivity index (χ0n) is 6.68. The zero-order chi connectivity index (χ0) is 9.84. The van der Waals surface area contributed by atoms with Crippen LogP contribution in [0, 0.1) is 3.57 Å². The van der Waals surface area contributed by atoms with Crippen molar-refractivity contribution in [1.82, 2.24) is 4.98 Å². The van der Waals surface area contributed by atoms with Gasteiger partial charge in [0.05, 0.1) is 3.57 Å². The van der Waals surface area contributed by atoms with E-state index in [0.29, 0.717) is 10.9 Å². The molecule has 0 radical (unpaired) electrons. The van der Waals surface area contributed by atoms with Crippen LogP contribution in [0.2, 0.25) is 10.3 Å². The molecule has 0 spiro atoms. The molecule has 1 aromatic rings. The molecule has 0 aromatic carbocycles. The first-order valence-electron chi connectivity index (χ1n) is 3.28. The molecule has 6 heteroatoms. The Labute approximate surface area is 99.5 Å². The van der Waals surface area contributed by atoms with Crippen LogP contribution in [-0.2, 0) is 4.74 Å². The van der Waals surface area contributed by atoms with Crippen molar-refractivity contribution in [2.24, 2.45) is 0 Å². The fourth-order valence-electron chi connectivity index (χ4n) is 0.692. The first-order valence-corrected chi connectivity index (χ1v) is 5.12. The predicted molar refractivity (Wildman–Crippen MR) is 59.5 cm³/mol. The number of hydrogen-bond donors (Lipinski definition) is 0. The summed E-state index contributed by atoms with van der Waals surface area (Å²) in [6.45, 7) is 0.138. The molecule has 0 saturated carbocycles. The van der Waals surface area contributed by atoms with Gasteiger partial charge in [0.15, 0.2) is 17.7 Å². The summed E-state index contributed by atoms with van der Waals surface area (Å²) in [5.74, 6) is 0.494. The van der Waals surface area contributed by atoms with Gasteiger partial charge in [-0.3, -0.25) is 0 Å². The molecule has 13 heavy (non-hydrogen) atoms. The van der Waals surface area contributed by atoms with E-state index >= 15 is 0 Å². The van der Waals surface area contributed by atoms with Gasteiger partial charge in [0.1, 0.15) is 5.15 Å². The Morgan fingerprint density at radius 2 is 2.23 bits per heavy atom. The van der Waals surface area contributed by atoms with Crippen LogP contribution in [0.1, 0.15) is 0 Å². The molecule has 1 rings (SSSR count). The lowest BCUT2D eigenvalue weighted by atomic mass is 10.5. The van der Waals surface area contributed by atoms with Crippen LogP contribution >= 0.6 is 45.8 Å². The Morgan fingerprint density at radius 3 is 2.77 bits per heavy atom. The average molecular weight is 334 g/mol. The minimum atomic E-state index is 0.138. The molecule has 0 aliphatic heterocycles. The Balaban J connectivity index is 2.92. The second-order valence-corrected chi connectivity index (χ2v) is 4.01. The molecule has 0 bridgehead atoms. The predicted octanol–water partition coefficient (Wildman–Crippen LogP) is 2.98. The molecule has 0 amide bonds. The van der Waals surface area contributed by atoms with Crippen molar-refractivity contribution in [1.29, 1.82) is 0 Å². The van der Waals surface area contributed by atoms with E-state index in [0.717, 1.165) is 3.57 Å². The number of nitrogens with zero attached hydrogens (tertiary/aromatic N) is 1. The Morgan fingerprint density at radius 1 is 1.54 bits per heavy atom. The van der Waals surface area contributed by atoms with Crippen LogP contribution in [0.4, 0.5) is 0 Å². The molecule has 72 valence electrons. The fourth-order valence-corrected chi connectivity index (χ4v) is 2.23. The molecular formula is C7H6Cl2INO2. The lowest BCUT2D eigenvalue weighted by molar-refractivity contribution is 0.0503. The lowest BCUT2D eigenvalue weighted by Crippen LogP contribution is -2.01. The molecule has 0 aliphatic carbocycles. The number of rotatable bonds is 3. The maximum Gasteiger partial charge on any atom is 0.188 e. The molecule has 3 nitrogen and oxygen atoms in total. The number of hydrogen-bond acceptors (Lipinski definition) is 3. The highest BCUT2D eigenvalue weighted by Crippen LogP contribution is 2.30. The van der Waals surface area contributed by atoms with E-state index < -0.39 is 0 Å². The van der Waals surface area contributed by atoms with E-state index in [4.69, 9.17) is 32.7 Å². The summed E-state index contributed by atoms with van der Waals surface area (Å²) in [6, 6.07) is 1.67. The van der Waals surface area contributed by atoms with E-state index in [2.05, 4.69) is 27.6 Å². The van der Waals surface area contributed by atoms with Crippen LogP contribution in [0.5, 0.6) is 5.75 Å². The summed E-state index contributed by atoms with van der Waals surface area (Å²) in [4.78, 5) is 3.83. The maximum atomic E-state index is 5.79. The number of methoxy groups -OCH3 is 1. The minimum absolute atomic E-state index is 0.138. The summed E-state index contributed by atoms with van der Waals surface area (Å²) < 4.78 is 10.7. The Kier molecular flexibility index (Phi) is 4.51. The smallest absolute Gasteiger partial charge is 0.188 e. The van der Waals surface area contributed by atoms with Gasteiger partial charge in [-0.1, -0.05) is 23.2 Å². The van der Waals surface area contributed by atoms with E-state index in [1.165, 1.54) is 7.11 Å². The standard InChI is InChI=1S/C7H6Cl2INO2/c1-12-3-13-6-4(10)2-5(8)11-7(6)9/h2H,3H2,1H3. The molecule has 1 heterocycles.